The zero-order valence-corrected chi connectivity index (χ0v) is 26.1. The Balaban J connectivity index is 1.59. The van der Waals surface area contributed by atoms with Crippen molar-refractivity contribution in [2.75, 3.05) is 9.80 Å². The first-order valence-corrected chi connectivity index (χ1v) is 15.3. The summed E-state index contributed by atoms with van der Waals surface area (Å²) in [7, 11) is 1.35. The van der Waals surface area contributed by atoms with Crippen molar-refractivity contribution in [2.24, 2.45) is 18.9 Å². The predicted molar refractivity (Wildman–Crippen MR) is 155 cm³/mol. The smallest absolute Gasteiger partial charge is 0.416 e. The van der Waals surface area contributed by atoms with Crippen LogP contribution in [0, 0.1) is 11.8 Å². The van der Waals surface area contributed by atoms with Gasteiger partial charge in [0.05, 0.1) is 29.8 Å². The number of benzene rings is 2. The van der Waals surface area contributed by atoms with Gasteiger partial charge in [0.15, 0.2) is 0 Å². The molecule has 5 rings (SSSR count). The number of hydrogen-bond acceptors (Lipinski definition) is 6. The second-order valence-electron chi connectivity index (χ2n) is 12.5. The summed E-state index contributed by atoms with van der Waals surface area (Å²) in [6.07, 6.45) is -13.6. The van der Waals surface area contributed by atoms with E-state index in [-0.39, 0.29) is 47.9 Å². The van der Waals surface area contributed by atoms with Crippen LogP contribution in [0.25, 0.3) is 0 Å². The second-order valence-corrected chi connectivity index (χ2v) is 12.5. The lowest BCUT2D eigenvalue weighted by molar-refractivity contribution is -0.143. The fraction of sp³-hybridized carbons (Fsp3) is 0.516. The van der Waals surface area contributed by atoms with Crippen molar-refractivity contribution in [2.45, 2.75) is 82.6 Å². The molecule has 266 valence electrons. The maximum atomic E-state index is 14.0. The van der Waals surface area contributed by atoms with Crippen molar-refractivity contribution in [1.82, 2.24) is 20.2 Å². The number of carbonyl (C=O) groups excluding carboxylic acids is 1. The highest BCUT2D eigenvalue weighted by Gasteiger charge is 2.43. The van der Waals surface area contributed by atoms with Crippen LogP contribution in [-0.2, 0) is 41.7 Å². The van der Waals surface area contributed by atoms with Crippen LogP contribution in [0.5, 0.6) is 0 Å². The van der Waals surface area contributed by atoms with Gasteiger partial charge in [-0.1, -0.05) is 5.10 Å². The molecule has 0 radical (unpaired) electrons. The number of amides is 1. The van der Waals surface area contributed by atoms with Crippen LogP contribution in [0.2, 0.25) is 0 Å². The molecule has 3 aromatic rings. The number of tetrazole rings is 1. The number of aryl methyl sites for hydroxylation is 1. The number of rotatable bonds is 7. The summed E-state index contributed by atoms with van der Waals surface area (Å²) < 4.78 is 124. The van der Waals surface area contributed by atoms with E-state index in [9.17, 15) is 49.1 Å². The molecule has 2 atom stereocenters. The molecule has 49 heavy (non-hydrogen) atoms. The number of hydrogen-bond donors (Lipinski definition) is 1. The average Bonchev–Trinajstić information content (AvgIpc) is 3.43. The monoisotopic (exact) mass is 706 g/mol. The Hall–Kier alpha value is -4.38. The van der Waals surface area contributed by atoms with E-state index in [2.05, 4.69) is 15.4 Å². The lowest BCUT2D eigenvalue weighted by Crippen LogP contribution is -2.49. The summed E-state index contributed by atoms with van der Waals surface area (Å²) in [6.45, 7) is 0.948. The maximum absolute atomic E-state index is 14.0. The van der Waals surface area contributed by atoms with Crippen molar-refractivity contribution in [3.05, 3.63) is 64.2 Å². The van der Waals surface area contributed by atoms with Gasteiger partial charge < -0.3 is 14.9 Å². The van der Waals surface area contributed by atoms with E-state index in [1.54, 1.807) is 6.92 Å². The molecule has 1 N–H and O–H groups in total. The number of nitrogens with zero attached hydrogens (tertiary/aromatic N) is 6. The van der Waals surface area contributed by atoms with Gasteiger partial charge in [-0.25, -0.2) is 0 Å². The van der Waals surface area contributed by atoms with Crippen molar-refractivity contribution in [3.63, 3.8) is 0 Å². The van der Waals surface area contributed by atoms with E-state index in [0.717, 1.165) is 23.0 Å². The first-order valence-electron chi connectivity index (χ1n) is 15.3. The molecule has 1 amide bonds. The number of fused-ring (bicyclic) bond motifs is 1. The van der Waals surface area contributed by atoms with E-state index in [4.69, 9.17) is 5.11 Å². The number of aliphatic carboxylic acids is 1. The Morgan fingerprint density at radius 2 is 1.47 bits per heavy atom. The van der Waals surface area contributed by atoms with Crippen molar-refractivity contribution < 1.29 is 54.2 Å². The molecule has 0 spiro atoms. The standard InChI is InChI=1S/C31H31F9N6O3/c1-16-9-25(45(28-41-43-44(2)42-28)15-18-10-21(30(35,36)37)13-22(11-18)31(38,39)40)23-14-20(29(32,33)34)7-8-24(23)46(16)27(49)19-5-3-17(4-6-19)12-26(47)48/h7-8,10-11,13-14,16-17,19,25H,3-6,9,12,15H2,1-2H3,(H,47,48)/t16-,17?,19?,25?/m1/s1. The van der Waals surface area contributed by atoms with Gasteiger partial charge in [-0.05, 0) is 97.7 Å². The van der Waals surface area contributed by atoms with Crippen LogP contribution in [0.1, 0.15) is 79.3 Å². The predicted octanol–water partition coefficient (Wildman–Crippen LogP) is 7.42. The summed E-state index contributed by atoms with van der Waals surface area (Å²) in [5.74, 6) is -2.26. The summed E-state index contributed by atoms with van der Waals surface area (Å²) in [5.41, 5.74) is -4.67. The fourth-order valence-electron chi connectivity index (χ4n) is 6.71. The average molecular weight is 707 g/mol. The zero-order chi connectivity index (χ0) is 36.1. The molecular weight excluding hydrogens is 675 g/mol. The number of anilines is 2. The van der Waals surface area contributed by atoms with Crippen LogP contribution in [0.3, 0.4) is 0 Å². The Labute approximate surface area is 273 Å². The Morgan fingerprint density at radius 1 is 0.878 bits per heavy atom. The topological polar surface area (TPSA) is 104 Å². The molecule has 18 heteroatoms. The molecular formula is C31H31F9N6O3. The van der Waals surface area contributed by atoms with Gasteiger partial charge in [0.2, 0.25) is 5.91 Å². The number of aromatic nitrogens is 4. The molecule has 9 nitrogen and oxygen atoms in total. The van der Waals surface area contributed by atoms with Gasteiger partial charge in [-0.15, -0.1) is 5.10 Å². The molecule has 2 aliphatic rings. The third-order valence-electron chi connectivity index (χ3n) is 9.01. The normalized spacial score (nSPS) is 21.7. The van der Waals surface area contributed by atoms with Gasteiger partial charge in [-0.3, -0.25) is 9.59 Å². The quantitative estimate of drug-likeness (QED) is 0.255. The number of carboxylic acid groups (broad SMARTS) is 1. The van der Waals surface area contributed by atoms with Crippen LogP contribution in [0.4, 0.5) is 51.1 Å². The number of alkyl halides is 9. The largest absolute Gasteiger partial charge is 0.481 e. The SMILES string of the molecule is C[C@@H]1CC(N(Cc2cc(C(F)(F)F)cc(C(F)(F)F)c2)c2nnn(C)n2)c2cc(C(F)(F)F)ccc2N1C(=O)C1CCC(CC(=O)O)CC1. The highest BCUT2D eigenvalue weighted by Crippen LogP contribution is 2.46. The summed E-state index contributed by atoms with van der Waals surface area (Å²) >= 11 is 0. The molecule has 1 aliphatic heterocycles. The number of carboxylic acids is 1. The molecule has 1 saturated carbocycles. The summed E-state index contributed by atoms with van der Waals surface area (Å²) in [5, 5.41) is 20.8. The molecule has 0 bridgehead atoms. The van der Waals surface area contributed by atoms with E-state index < -0.39 is 71.3 Å². The minimum absolute atomic E-state index is 0.0271. The zero-order valence-electron chi connectivity index (χ0n) is 26.1. The maximum Gasteiger partial charge on any atom is 0.416 e. The molecule has 1 unspecified atom stereocenters. The van der Waals surface area contributed by atoms with Crippen LogP contribution >= 0.6 is 0 Å². The minimum Gasteiger partial charge on any atom is -0.481 e. The van der Waals surface area contributed by atoms with Crippen LogP contribution in [0.15, 0.2) is 36.4 Å². The highest BCUT2D eigenvalue weighted by atomic mass is 19.4. The summed E-state index contributed by atoms with van der Waals surface area (Å²) in [4.78, 5) is 28.7. The fourth-order valence-corrected chi connectivity index (χ4v) is 6.71. The summed E-state index contributed by atoms with van der Waals surface area (Å²) in [6, 6.07) is 1.89. The van der Waals surface area contributed by atoms with Gasteiger partial charge in [0.1, 0.15) is 0 Å². The molecule has 0 saturated heterocycles. The molecule has 1 fully saturated rings. The van der Waals surface area contributed by atoms with Crippen LogP contribution < -0.4 is 9.80 Å². The van der Waals surface area contributed by atoms with Crippen LogP contribution in [-0.4, -0.2) is 43.2 Å². The lowest BCUT2D eigenvalue weighted by Gasteiger charge is -2.45. The van der Waals surface area contributed by atoms with Gasteiger partial charge in [0, 0.05) is 30.6 Å². The van der Waals surface area contributed by atoms with Crippen molar-refractivity contribution in [3.8, 4) is 0 Å². The van der Waals surface area contributed by atoms with Gasteiger partial charge >= 0.3 is 24.5 Å². The van der Waals surface area contributed by atoms with E-state index in [1.807, 2.05) is 0 Å². The first-order chi connectivity index (χ1) is 22.7. The Kier molecular flexibility index (Phi) is 9.64. The molecule has 2 heterocycles. The Morgan fingerprint density at radius 3 is 1.98 bits per heavy atom. The molecule has 1 aromatic heterocycles. The molecule has 1 aliphatic carbocycles. The Bertz CT molecular complexity index is 1660. The number of carbonyl (C=O) groups is 2. The number of halogens is 9. The first kappa shape index (κ1) is 35.9. The van der Waals surface area contributed by atoms with E-state index in [1.165, 1.54) is 16.8 Å². The van der Waals surface area contributed by atoms with E-state index in [0.29, 0.717) is 37.8 Å². The minimum atomic E-state index is -5.15. The lowest BCUT2D eigenvalue weighted by atomic mass is 9.79. The van der Waals surface area contributed by atoms with Gasteiger partial charge in [0.25, 0.3) is 5.95 Å². The molecule has 2 aromatic carbocycles. The van der Waals surface area contributed by atoms with E-state index >= 15 is 0 Å². The second kappa shape index (κ2) is 13.2. The third kappa shape index (κ3) is 7.93. The van der Waals surface area contributed by atoms with Crippen molar-refractivity contribution >= 4 is 23.5 Å². The third-order valence-corrected chi connectivity index (χ3v) is 9.01. The van der Waals surface area contributed by atoms with Crippen molar-refractivity contribution in [1.29, 1.82) is 0 Å². The van der Waals surface area contributed by atoms with Gasteiger partial charge in [-0.2, -0.15) is 44.3 Å². The highest BCUT2D eigenvalue weighted by molar-refractivity contribution is 5.97.